The van der Waals surface area contributed by atoms with Crippen LogP contribution in [0.2, 0.25) is 5.02 Å². The quantitative estimate of drug-likeness (QED) is 0.769. The number of hydrogen-bond acceptors (Lipinski definition) is 3. The fourth-order valence-corrected chi connectivity index (χ4v) is 2.45. The lowest BCUT2D eigenvalue weighted by Crippen LogP contribution is -2.23. The number of nitrogens with one attached hydrogen (secondary N) is 1. The van der Waals surface area contributed by atoms with E-state index in [-0.39, 0.29) is 11.8 Å². The predicted octanol–water partition coefficient (Wildman–Crippen LogP) is 3.69. The van der Waals surface area contributed by atoms with Crippen LogP contribution in [-0.4, -0.2) is 19.1 Å². The van der Waals surface area contributed by atoms with E-state index in [0.717, 1.165) is 6.42 Å². The molecule has 0 saturated heterocycles. The molecule has 1 rings (SSSR count). The molecule has 4 nitrogen and oxygen atoms in total. The summed E-state index contributed by atoms with van der Waals surface area (Å²) in [7, 11) is 0. The molecule has 0 aliphatic carbocycles. The van der Waals surface area contributed by atoms with Crippen LogP contribution < -0.4 is 15.8 Å². The van der Waals surface area contributed by atoms with E-state index >= 15 is 0 Å². The van der Waals surface area contributed by atoms with Gasteiger partial charge < -0.3 is 15.8 Å². The molecule has 118 valence electrons. The maximum absolute atomic E-state index is 12.2. The van der Waals surface area contributed by atoms with Crippen molar-refractivity contribution in [1.82, 2.24) is 0 Å². The van der Waals surface area contributed by atoms with Crippen LogP contribution in [0.5, 0.6) is 5.75 Å². The number of amides is 1. The maximum Gasteiger partial charge on any atom is 0.224 e. The highest BCUT2D eigenvalue weighted by atomic mass is 35.5. The van der Waals surface area contributed by atoms with Gasteiger partial charge in [-0.2, -0.15) is 0 Å². The summed E-state index contributed by atoms with van der Waals surface area (Å²) in [5.74, 6) is 1.29. The molecule has 0 aromatic heterocycles. The average molecular weight is 313 g/mol. The average Bonchev–Trinajstić information content (AvgIpc) is 2.40. The van der Waals surface area contributed by atoms with Crippen molar-refractivity contribution in [2.45, 2.75) is 33.6 Å². The Morgan fingerprint density at radius 3 is 2.71 bits per heavy atom. The minimum absolute atomic E-state index is 0.0608. The summed E-state index contributed by atoms with van der Waals surface area (Å²) in [6.07, 6.45) is 1.35. The first kappa shape index (κ1) is 17.8. The van der Waals surface area contributed by atoms with Crippen molar-refractivity contribution in [3.63, 3.8) is 0 Å². The van der Waals surface area contributed by atoms with Gasteiger partial charge in [0.25, 0.3) is 0 Å². The van der Waals surface area contributed by atoms with E-state index in [2.05, 4.69) is 19.2 Å². The Kier molecular flexibility index (Phi) is 7.54. The summed E-state index contributed by atoms with van der Waals surface area (Å²) in [5, 5.41) is 3.43. The second-order valence-corrected chi connectivity index (χ2v) is 5.99. The molecule has 1 aromatic carbocycles. The second kappa shape index (κ2) is 8.90. The molecule has 0 heterocycles. The number of rotatable bonds is 8. The third-order valence-electron chi connectivity index (χ3n) is 3.13. The highest BCUT2D eigenvalue weighted by molar-refractivity contribution is 6.31. The number of halogens is 1. The molecule has 0 saturated carbocycles. The zero-order valence-corrected chi connectivity index (χ0v) is 13.7. The van der Waals surface area contributed by atoms with Crippen LogP contribution in [0.25, 0.3) is 0 Å². The third kappa shape index (κ3) is 6.36. The van der Waals surface area contributed by atoms with Gasteiger partial charge in [-0.15, -0.1) is 0 Å². The normalized spacial score (nSPS) is 12.3. The van der Waals surface area contributed by atoms with Crippen molar-refractivity contribution >= 4 is 23.2 Å². The topological polar surface area (TPSA) is 64.3 Å². The van der Waals surface area contributed by atoms with Crippen molar-refractivity contribution in [1.29, 1.82) is 0 Å². The van der Waals surface area contributed by atoms with Crippen molar-refractivity contribution in [3.8, 4) is 5.75 Å². The molecule has 1 atom stereocenters. The fraction of sp³-hybridized carbons (Fsp3) is 0.562. The third-order valence-corrected chi connectivity index (χ3v) is 3.36. The summed E-state index contributed by atoms with van der Waals surface area (Å²) in [4.78, 5) is 12.2. The lowest BCUT2D eigenvalue weighted by molar-refractivity contribution is -0.117. The number of benzene rings is 1. The van der Waals surface area contributed by atoms with Gasteiger partial charge in [0, 0.05) is 11.4 Å². The number of nitrogens with two attached hydrogens (primary N) is 1. The van der Waals surface area contributed by atoms with Crippen LogP contribution in [0.15, 0.2) is 18.2 Å². The van der Waals surface area contributed by atoms with Gasteiger partial charge in [-0.05, 0) is 49.9 Å². The molecule has 0 radical (unpaired) electrons. The van der Waals surface area contributed by atoms with Crippen LogP contribution >= 0.6 is 11.6 Å². The van der Waals surface area contributed by atoms with Crippen molar-refractivity contribution < 1.29 is 9.53 Å². The highest BCUT2D eigenvalue weighted by Crippen LogP contribution is 2.28. The Morgan fingerprint density at radius 2 is 2.14 bits per heavy atom. The molecule has 1 aromatic rings. The summed E-state index contributed by atoms with van der Waals surface area (Å²) in [5.41, 5.74) is 6.34. The van der Waals surface area contributed by atoms with Crippen LogP contribution in [0.4, 0.5) is 5.69 Å². The van der Waals surface area contributed by atoms with Gasteiger partial charge >= 0.3 is 0 Å². The minimum Gasteiger partial charge on any atom is -0.492 e. The van der Waals surface area contributed by atoms with E-state index in [1.165, 1.54) is 0 Å². The summed E-state index contributed by atoms with van der Waals surface area (Å²) in [6, 6.07) is 5.20. The van der Waals surface area contributed by atoms with Gasteiger partial charge in [0.2, 0.25) is 5.91 Å². The van der Waals surface area contributed by atoms with Crippen LogP contribution in [0.1, 0.15) is 33.6 Å². The minimum atomic E-state index is -0.0608. The molecule has 0 bridgehead atoms. The van der Waals surface area contributed by atoms with Crippen LogP contribution in [-0.2, 0) is 4.79 Å². The van der Waals surface area contributed by atoms with Crippen molar-refractivity contribution in [2.75, 3.05) is 18.5 Å². The SMILES string of the molecule is CCOc1ccc(Cl)cc1NC(=O)CC(CN)CC(C)C. The van der Waals surface area contributed by atoms with Gasteiger partial charge in [0.1, 0.15) is 5.75 Å². The smallest absolute Gasteiger partial charge is 0.224 e. The number of hydrogen-bond donors (Lipinski definition) is 2. The van der Waals surface area contributed by atoms with E-state index in [9.17, 15) is 4.79 Å². The number of carbonyl (C=O) groups excluding carboxylic acids is 1. The summed E-state index contributed by atoms with van der Waals surface area (Å²) >= 11 is 5.98. The lowest BCUT2D eigenvalue weighted by Gasteiger charge is -2.17. The Bertz CT molecular complexity index is 464. The molecule has 3 N–H and O–H groups in total. The Hall–Kier alpha value is -1.26. The summed E-state index contributed by atoms with van der Waals surface area (Å²) < 4.78 is 5.49. The zero-order chi connectivity index (χ0) is 15.8. The van der Waals surface area contributed by atoms with E-state index in [0.29, 0.717) is 41.9 Å². The van der Waals surface area contributed by atoms with E-state index in [4.69, 9.17) is 22.1 Å². The van der Waals surface area contributed by atoms with E-state index in [1.807, 2.05) is 6.92 Å². The molecule has 0 spiro atoms. The molecular weight excluding hydrogens is 288 g/mol. The fourth-order valence-electron chi connectivity index (χ4n) is 2.27. The molecule has 0 aliphatic heterocycles. The second-order valence-electron chi connectivity index (χ2n) is 5.56. The Morgan fingerprint density at radius 1 is 1.43 bits per heavy atom. The van der Waals surface area contributed by atoms with Crippen LogP contribution in [0, 0.1) is 11.8 Å². The zero-order valence-electron chi connectivity index (χ0n) is 13.0. The molecule has 0 aliphatic rings. The lowest BCUT2D eigenvalue weighted by atomic mass is 9.94. The monoisotopic (exact) mass is 312 g/mol. The molecule has 1 unspecified atom stereocenters. The Balaban J connectivity index is 2.71. The number of carbonyl (C=O) groups is 1. The first-order valence-electron chi connectivity index (χ1n) is 7.38. The molecule has 0 fully saturated rings. The van der Waals surface area contributed by atoms with Gasteiger partial charge in [-0.3, -0.25) is 4.79 Å². The van der Waals surface area contributed by atoms with Gasteiger partial charge in [0.05, 0.1) is 12.3 Å². The predicted molar refractivity (Wildman–Crippen MR) is 87.9 cm³/mol. The largest absolute Gasteiger partial charge is 0.492 e. The first-order valence-corrected chi connectivity index (χ1v) is 7.76. The van der Waals surface area contributed by atoms with Crippen molar-refractivity contribution in [3.05, 3.63) is 23.2 Å². The standard InChI is InChI=1S/C16H25ClN2O2/c1-4-21-15-6-5-13(17)9-14(15)19-16(20)8-12(10-18)7-11(2)3/h5-6,9,11-12H,4,7-8,10,18H2,1-3H3,(H,19,20). The van der Waals surface area contributed by atoms with E-state index < -0.39 is 0 Å². The molecule has 5 heteroatoms. The first-order chi connectivity index (χ1) is 9.96. The van der Waals surface area contributed by atoms with Gasteiger partial charge in [-0.25, -0.2) is 0 Å². The number of ether oxygens (including phenoxy) is 1. The molecule has 21 heavy (non-hydrogen) atoms. The summed E-state index contributed by atoms with van der Waals surface area (Å²) in [6.45, 7) is 7.20. The molecular formula is C16H25ClN2O2. The maximum atomic E-state index is 12.2. The van der Waals surface area contributed by atoms with Gasteiger partial charge in [-0.1, -0.05) is 25.4 Å². The van der Waals surface area contributed by atoms with Crippen molar-refractivity contribution in [2.24, 2.45) is 17.6 Å². The number of anilines is 1. The Labute approximate surface area is 132 Å². The van der Waals surface area contributed by atoms with Crippen LogP contribution in [0.3, 0.4) is 0 Å². The highest BCUT2D eigenvalue weighted by Gasteiger charge is 2.15. The van der Waals surface area contributed by atoms with E-state index in [1.54, 1.807) is 18.2 Å². The molecule has 1 amide bonds. The van der Waals surface area contributed by atoms with Gasteiger partial charge in [0.15, 0.2) is 0 Å².